The van der Waals surface area contributed by atoms with Gasteiger partial charge < -0.3 is 15.0 Å². The van der Waals surface area contributed by atoms with Crippen LogP contribution in [0.2, 0.25) is 0 Å². The average Bonchev–Trinajstić information content (AvgIpc) is 2.54. The number of nitrogens with zero attached hydrogens (tertiary/aromatic N) is 2. The van der Waals surface area contributed by atoms with E-state index in [0.717, 1.165) is 0 Å². The van der Waals surface area contributed by atoms with Crippen molar-refractivity contribution in [1.29, 1.82) is 0 Å². The average molecular weight is 199 g/mol. The molecule has 0 spiro atoms. The van der Waals surface area contributed by atoms with Crippen LogP contribution in [0.1, 0.15) is 31.7 Å². The zero-order valence-electron chi connectivity index (χ0n) is 8.86. The molecular formula is C9H17N3O2. The van der Waals surface area contributed by atoms with Gasteiger partial charge in [-0.3, -0.25) is 0 Å². The summed E-state index contributed by atoms with van der Waals surface area (Å²) in [4.78, 5) is 4.21. The van der Waals surface area contributed by atoms with Crippen molar-refractivity contribution < 1.29 is 9.26 Å². The highest BCUT2D eigenvalue weighted by atomic mass is 16.5. The first-order valence-electron chi connectivity index (χ1n) is 4.74. The summed E-state index contributed by atoms with van der Waals surface area (Å²) >= 11 is 0. The number of ether oxygens (including phenoxy) is 1. The second-order valence-electron chi connectivity index (χ2n) is 3.49. The number of methoxy groups -OCH3 is 1. The molecule has 0 aliphatic rings. The fourth-order valence-electron chi connectivity index (χ4n) is 1.28. The van der Waals surface area contributed by atoms with E-state index in [9.17, 15) is 0 Å². The molecule has 14 heavy (non-hydrogen) atoms. The minimum Gasteiger partial charge on any atom is -0.373 e. The molecule has 1 rings (SSSR count). The van der Waals surface area contributed by atoms with Gasteiger partial charge >= 0.3 is 0 Å². The topological polar surface area (TPSA) is 74.2 Å². The molecule has 0 bridgehead atoms. The van der Waals surface area contributed by atoms with E-state index < -0.39 is 0 Å². The van der Waals surface area contributed by atoms with Crippen LogP contribution in [-0.4, -0.2) is 23.8 Å². The van der Waals surface area contributed by atoms with Crippen molar-refractivity contribution in [2.24, 2.45) is 11.7 Å². The van der Waals surface area contributed by atoms with Gasteiger partial charge in [0.25, 0.3) is 0 Å². The Labute approximate surface area is 83.6 Å². The molecule has 0 fully saturated rings. The predicted octanol–water partition coefficient (Wildman–Crippen LogP) is 0.914. The number of hydrogen-bond donors (Lipinski definition) is 1. The number of aromatic nitrogens is 2. The molecule has 0 aliphatic carbocycles. The molecule has 1 atom stereocenters. The van der Waals surface area contributed by atoms with Crippen molar-refractivity contribution in [1.82, 2.24) is 10.1 Å². The monoisotopic (exact) mass is 199 g/mol. The van der Waals surface area contributed by atoms with Crippen molar-refractivity contribution in [2.45, 2.75) is 26.4 Å². The second kappa shape index (κ2) is 5.07. The lowest BCUT2D eigenvalue weighted by atomic mass is 10.1. The van der Waals surface area contributed by atoms with Crippen LogP contribution in [0.25, 0.3) is 0 Å². The van der Waals surface area contributed by atoms with Gasteiger partial charge in [0, 0.05) is 20.1 Å². The summed E-state index contributed by atoms with van der Waals surface area (Å²) in [7, 11) is 1.64. The summed E-state index contributed by atoms with van der Waals surface area (Å²) in [5.74, 6) is 1.50. The summed E-state index contributed by atoms with van der Waals surface area (Å²) in [6, 6.07) is 0. The zero-order valence-corrected chi connectivity index (χ0v) is 8.86. The number of rotatable bonds is 5. The van der Waals surface area contributed by atoms with Crippen LogP contribution in [0, 0.1) is 5.92 Å². The van der Waals surface area contributed by atoms with E-state index in [1.165, 1.54) is 0 Å². The molecule has 1 aromatic heterocycles. The van der Waals surface area contributed by atoms with Crippen LogP contribution >= 0.6 is 0 Å². The Balaban J connectivity index is 2.73. The normalized spacial score (nSPS) is 13.5. The molecule has 5 heteroatoms. The molecule has 0 saturated carbocycles. The number of nitrogens with two attached hydrogens (primary N) is 1. The highest BCUT2D eigenvalue weighted by molar-refractivity contribution is 4.92. The van der Waals surface area contributed by atoms with Gasteiger partial charge in [-0.25, -0.2) is 0 Å². The highest BCUT2D eigenvalue weighted by Crippen LogP contribution is 2.22. The number of hydrogen-bond acceptors (Lipinski definition) is 5. The maximum atomic E-state index is 5.38. The lowest BCUT2D eigenvalue weighted by molar-refractivity contribution is 0.0555. The largest absolute Gasteiger partial charge is 0.373 e. The summed E-state index contributed by atoms with van der Waals surface area (Å²) in [5, 5.41) is 3.86. The Kier molecular flexibility index (Phi) is 4.03. The molecule has 1 unspecified atom stereocenters. The maximum Gasteiger partial charge on any atom is 0.228 e. The molecule has 0 amide bonds. The highest BCUT2D eigenvalue weighted by Gasteiger charge is 2.20. The Bertz CT molecular complexity index is 273. The van der Waals surface area contributed by atoms with Crippen LogP contribution < -0.4 is 5.73 Å². The third-order valence-corrected chi connectivity index (χ3v) is 1.96. The van der Waals surface area contributed by atoms with E-state index in [1.54, 1.807) is 7.11 Å². The minimum absolute atomic E-state index is 0.106. The SMILES string of the molecule is COC(c1noc(CCN)n1)C(C)C. The van der Waals surface area contributed by atoms with Gasteiger partial charge in [-0.05, 0) is 5.92 Å². The van der Waals surface area contributed by atoms with Crippen LogP contribution in [0.3, 0.4) is 0 Å². The van der Waals surface area contributed by atoms with E-state index in [-0.39, 0.29) is 6.10 Å². The second-order valence-corrected chi connectivity index (χ2v) is 3.49. The van der Waals surface area contributed by atoms with E-state index in [4.69, 9.17) is 15.0 Å². The Morgan fingerprint density at radius 1 is 1.50 bits per heavy atom. The lowest BCUT2D eigenvalue weighted by Gasteiger charge is -2.14. The minimum atomic E-state index is -0.106. The molecule has 0 aromatic carbocycles. The van der Waals surface area contributed by atoms with Crippen LogP contribution in [0.5, 0.6) is 0 Å². The van der Waals surface area contributed by atoms with Crippen molar-refractivity contribution >= 4 is 0 Å². The third-order valence-electron chi connectivity index (χ3n) is 1.96. The smallest absolute Gasteiger partial charge is 0.228 e. The summed E-state index contributed by atoms with van der Waals surface area (Å²) < 4.78 is 10.3. The Hall–Kier alpha value is -0.940. The molecule has 1 heterocycles. The van der Waals surface area contributed by atoms with Crippen molar-refractivity contribution in [2.75, 3.05) is 13.7 Å². The molecule has 0 saturated heterocycles. The first-order chi connectivity index (χ1) is 6.69. The van der Waals surface area contributed by atoms with Gasteiger partial charge in [0.15, 0.2) is 0 Å². The molecule has 5 nitrogen and oxygen atoms in total. The summed E-state index contributed by atoms with van der Waals surface area (Å²) in [6.07, 6.45) is 0.506. The lowest BCUT2D eigenvalue weighted by Crippen LogP contribution is -2.11. The van der Waals surface area contributed by atoms with Gasteiger partial charge in [0.1, 0.15) is 6.10 Å². The van der Waals surface area contributed by atoms with Crippen molar-refractivity contribution in [3.05, 3.63) is 11.7 Å². The Morgan fingerprint density at radius 3 is 2.71 bits per heavy atom. The predicted molar refractivity (Wildman–Crippen MR) is 51.6 cm³/mol. The van der Waals surface area contributed by atoms with Crippen molar-refractivity contribution in [3.8, 4) is 0 Å². The molecule has 1 aromatic rings. The van der Waals surface area contributed by atoms with E-state index in [2.05, 4.69) is 10.1 Å². The molecule has 0 aliphatic heterocycles. The Morgan fingerprint density at radius 2 is 2.21 bits per heavy atom. The first kappa shape index (κ1) is 11.1. The molecule has 0 radical (unpaired) electrons. The van der Waals surface area contributed by atoms with Gasteiger partial charge in [-0.1, -0.05) is 19.0 Å². The van der Waals surface area contributed by atoms with E-state index >= 15 is 0 Å². The van der Waals surface area contributed by atoms with Crippen LogP contribution in [-0.2, 0) is 11.2 Å². The molecular weight excluding hydrogens is 182 g/mol. The first-order valence-corrected chi connectivity index (χ1v) is 4.74. The summed E-state index contributed by atoms with van der Waals surface area (Å²) in [6.45, 7) is 4.61. The molecule has 80 valence electrons. The van der Waals surface area contributed by atoms with Gasteiger partial charge in [0.2, 0.25) is 11.7 Å². The van der Waals surface area contributed by atoms with E-state index in [0.29, 0.717) is 30.6 Å². The fourth-order valence-corrected chi connectivity index (χ4v) is 1.28. The third kappa shape index (κ3) is 2.52. The summed E-state index contributed by atoms with van der Waals surface area (Å²) in [5.41, 5.74) is 5.38. The quantitative estimate of drug-likeness (QED) is 0.763. The fraction of sp³-hybridized carbons (Fsp3) is 0.778. The van der Waals surface area contributed by atoms with E-state index in [1.807, 2.05) is 13.8 Å². The van der Waals surface area contributed by atoms with Gasteiger partial charge in [-0.2, -0.15) is 4.98 Å². The standard InChI is InChI=1S/C9H17N3O2/c1-6(2)8(13-3)9-11-7(4-5-10)14-12-9/h6,8H,4-5,10H2,1-3H3. The zero-order chi connectivity index (χ0) is 10.6. The van der Waals surface area contributed by atoms with Crippen molar-refractivity contribution in [3.63, 3.8) is 0 Å². The van der Waals surface area contributed by atoms with Crippen LogP contribution in [0.4, 0.5) is 0 Å². The van der Waals surface area contributed by atoms with Gasteiger partial charge in [-0.15, -0.1) is 0 Å². The van der Waals surface area contributed by atoms with Gasteiger partial charge in [0.05, 0.1) is 0 Å². The molecule has 2 N–H and O–H groups in total. The van der Waals surface area contributed by atoms with Crippen LogP contribution in [0.15, 0.2) is 4.52 Å². The maximum absolute atomic E-state index is 5.38.